The zero-order valence-corrected chi connectivity index (χ0v) is 14.4. The third kappa shape index (κ3) is 3.00. The first-order valence-electron chi connectivity index (χ1n) is 7.76. The summed E-state index contributed by atoms with van der Waals surface area (Å²) in [6.07, 6.45) is 1.84. The second-order valence-corrected chi connectivity index (χ2v) is 9.42. The zero-order chi connectivity index (χ0) is 17.5. The quantitative estimate of drug-likeness (QED) is 0.792. The number of nitrogens with zero attached hydrogens (tertiary/aromatic N) is 2. The van der Waals surface area contributed by atoms with Crippen LogP contribution in [0.3, 0.4) is 0 Å². The van der Waals surface area contributed by atoms with Crippen LogP contribution in [0.2, 0.25) is 0 Å². The summed E-state index contributed by atoms with van der Waals surface area (Å²) < 4.78 is 37.0. The van der Waals surface area contributed by atoms with Crippen LogP contribution in [0.25, 0.3) is 10.9 Å². The Balaban J connectivity index is 1.89. The van der Waals surface area contributed by atoms with E-state index in [1.54, 1.807) is 26.0 Å². The van der Waals surface area contributed by atoms with Gasteiger partial charge in [-0.3, -0.25) is 9.78 Å². The molecule has 1 aliphatic rings. The predicted molar refractivity (Wildman–Crippen MR) is 90.1 cm³/mol. The van der Waals surface area contributed by atoms with Crippen molar-refractivity contribution < 1.29 is 17.6 Å². The van der Waals surface area contributed by atoms with Crippen LogP contribution in [0.5, 0.6) is 0 Å². The van der Waals surface area contributed by atoms with E-state index in [4.69, 9.17) is 0 Å². The van der Waals surface area contributed by atoms with Gasteiger partial charge in [-0.1, -0.05) is 0 Å². The van der Waals surface area contributed by atoms with Gasteiger partial charge in [-0.15, -0.1) is 0 Å². The second kappa shape index (κ2) is 5.81. The third-order valence-electron chi connectivity index (χ3n) is 4.63. The maximum absolute atomic E-state index is 13.4. The lowest BCUT2D eigenvalue weighted by molar-refractivity contribution is 0.0764. The first kappa shape index (κ1) is 16.8. The number of amides is 1. The van der Waals surface area contributed by atoms with Crippen molar-refractivity contribution in [2.75, 3.05) is 18.8 Å². The Labute approximate surface area is 140 Å². The minimum atomic E-state index is -3.25. The van der Waals surface area contributed by atoms with Gasteiger partial charge in [0.2, 0.25) is 0 Å². The minimum Gasteiger partial charge on any atom is -0.338 e. The van der Waals surface area contributed by atoms with Crippen molar-refractivity contribution in [2.24, 2.45) is 0 Å². The fourth-order valence-corrected chi connectivity index (χ4v) is 4.20. The maximum Gasteiger partial charge on any atom is 0.255 e. The van der Waals surface area contributed by atoms with Crippen molar-refractivity contribution in [3.05, 3.63) is 41.8 Å². The van der Waals surface area contributed by atoms with Crippen molar-refractivity contribution in [1.82, 2.24) is 9.88 Å². The third-order valence-corrected chi connectivity index (χ3v) is 7.24. The summed E-state index contributed by atoms with van der Waals surface area (Å²) in [4.78, 5) is 18.4. The molecule has 1 aromatic heterocycles. The second-order valence-electron chi connectivity index (χ2n) is 6.68. The molecule has 0 unspecified atom stereocenters. The van der Waals surface area contributed by atoms with Crippen molar-refractivity contribution in [3.63, 3.8) is 0 Å². The number of hydrogen-bond acceptors (Lipinski definition) is 4. The van der Waals surface area contributed by atoms with Gasteiger partial charge < -0.3 is 4.90 Å². The van der Waals surface area contributed by atoms with E-state index in [0.717, 1.165) is 0 Å². The van der Waals surface area contributed by atoms with E-state index in [1.807, 2.05) is 0 Å². The van der Waals surface area contributed by atoms with E-state index < -0.39 is 20.4 Å². The molecule has 0 spiro atoms. The van der Waals surface area contributed by atoms with Crippen molar-refractivity contribution in [1.29, 1.82) is 0 Å². The topological polar surface area (TPSA) is 67.3 Å². The summed E-state index contributed by atoms with van der Waals surface area (Å²) in [5.41, 5.74) is 0.942. The Morgan fingerprint density at radius 1 is 1.25 bits per heavy atom. The largest absolute Gasteiger partial charge is 0.338 e. The molecule has 1 aliphatic heterocycles. The Morgan fingerprint density at radius 3 is 2.75 bits per heavy atom. The number of carbonyl (C=O) groups excluding carboxylic acids is 1. The molecule has 0 radical (unpaired) electrons. The summed E-state index contributed by atoms with van der Waals surface area (Å²) in [6, 6.07) is 5.80. The Morgan fingerprint density at radius 2 is 2.00 bits per heavy atom. The normalized spacial score (nSPS) is 19.9. The standard InChI is InChI=1S/C17H19FN2O3S/c1-17(2)5-6-20(7-8-24(17,22)23)16(21)13-9-12-10-14(18)3-4-15(12)19-11-13/h3-4,9-11H,5-8H2,1-2H3. The average molecular weight is 350 g/mol. The maximum atomic E-state index is 13.4. The Hall–Kier alpha value is -2.02. The lowest BCUT2D eigenvalue weighted by atomic mass is 10.1. The summed E-state index contributed by atoms with van der Waals surface area (Å²) in [7, 11) is -3.25. The molecule has 1 saturated heterocycles. The summed E-state index contributed by atoms with van der Waals surface area (Å²) in [5.74, 6) is -0.723. The molecule has 128 valence electrons. The van der Waals surface area contributed by atoms with Gasteiger partial charge in [0.1, 0.15) is 5.82 Å². The summed E-state index contributed by atoms with van der Waals surface area (Å²) >= 11 is 0. The number of carbonyl (C=O) groups is 1. The van der Waals surface area contributed by atoms with Crippen LogP contribution in [-0.4, -0.2) is 47.8 Å². The molecule has 1 aromatic carbocycles. The number of sulfone groups is 1. The van der Waals surface area contributed by atoms with Crippen LogP contribution in [0.1, 0.15) is 30.6 Å². The number of halogens is 1. The van der Waals surface area contributed by atoms with Gasteiger partial charge in [0.25, 0.3) is 5.91 Å². The van der Waals surface area contributed by atoms with Crippen LogP contribution < -0.4 is 0 Å². The van der Waals surface area contributed by atoms with Gasteiger partial charge in [-0.05, 0) is 44.5 Å². The molecule has 0 atom stereocenters. The van der Waals surface area contributed by atoms with Gasteiger partial charge in [-0.2, -0.15) is 0 Å². The van der Waals surface area contributed by atoms with E-state index in [9.17, 15) is 17.6 Å². The van der Waals surface area contributed by atoms with Crippen molar-refractivity contribution in [2.45, 2.75) is 25.0 Å². The molecule has 1 amide bonds. The van der Waals surface area contributed by atoms with Gasteiger partial charge in [0.15, 0.2) is 9.84 Å². The highest BCUT2D eigenvalue weighted by molar-refractivity contribution is 7.92. The molecular weight excluding hydrogens is 331 g/mol. The number of hydrogen-bond donors (Lipinski definition) is 0. The number of pyridine rings is 1. The molecule has 0 N–H and O–H groups in total. The van der Waals surface area contributed by atoms with Crippen LogP contribution in [0, 0.1) is 5.82 Å². The highest BCUT2D eigenvalue weighted by Gasteiger charge is 2.38. The fourth-order valence-electron chi connectivity index (χ4n) is 2.78. The predicted octanol–water partition coefficient (Wildman–Crippen LogP) is 2.41. The zero-order valence-electron chi connectivity index (χ0n) is 13.6. The van der Waals surface area contributed by atoms with Gasteiger partial charge >= 0.3 is 0 Å². The molecule has 24 heavy (non-hydrogen) atoms. The van der Waals surface area contributed by atoms with Gasteiger partial charge in [0, 0.05) is 24.7 Å². The molecule has 0 bridgehead atoms. The number of aromatic nitrogens is 1. The Kier molecular flexibility index (Phi) is 4.07. The Bertz CT molecular complexity index is 909. The first-order chi connectivity index (χ1) is 11.2. The molecule has 5 nitrogen and oxygen atoms in total. The van der Waals surface area contributed by atoms with E-state index in [1.165, 1.54) is 23.2 Å². The van der Waals surface area contributed by atoms with Crippen LogP contribution in [-0.2, 0) is 9.84 Å². The minimum absolute atomic E-state index is 0.0542. The van der Waals surface area contributed by atoms with E-state index in [2.05, 4.69) is 4.98 Å². The SMILES string of the molecule is CC1(C)CCN(C(=O)c2cnc3ccc(F)cc3c2)CCS1(=O)=O. The summed E-state index contributed by atoms with van der Waals surface area (Å²) in [6.45, 7) is 3.91. The first-order valence-corrected chi connectivity index (χ1v) is 9.42. The molecule has 2 aromatic rings. The lowest BCUT2D eigenvalue weighted by Crippen LogP contribution is -2.33. The van der Waals surface area contributed by atoms with E-state index in [0.29, 0.717) is 29.4 Å². The molecule has 3 rings (SSSR count). The lowest BCUT2D eigenvalue weighted by Gasteiger charge is -2.22. The highest BCUT2D eigenvalue weighted by Crippen LogP contribution is 2.26. The molecule has 1 fully saturated rings. The average Bonchev–Trinajstić information content (AvgIpc) is 2.63. The van der Waals surface area contributed by atoms with Crippen molar-refractivity contribution >= 4 is 26.6 Å². The monoisotopic (exact) mass is 350 g/mol. The molecule has 0 aliphatic carbocycles. The fraction of sp³-hybridized carbons (Fsp3) is 0.412. The van der Waals surface area contributed by atoms with Crippen molar-refractivity contribution in [3.8, 4) is 0 Å². The van der Waals surface area contributed by atoms with Crippen LogP contribution >= 0.6 is 0 Å². The molecule has 2 heterocycles. The molecule has 7 heteroatoms. The van der Waals surface area contributed by atoms with Crippen LogP contribution in [0.4, 0.5) is 4.39 Å². The smallest absolute Gasteiger partial charge is 0.255 e. The van der Waals surface area contributed by atoms with E-state index in [-0.39, 0.29) is 18.2 Å². The van der Waals surface area contributed by atoms with Gasteiger partial charge in [0.05, 0.1) is 21.6 Å². The van der Waals surface area contributed by atoms with Gasteiger partial charge in [-0.25, -0.2) is 12.8 Å². The summed E-state index contributed by atoms with van der Waals surface area (Å²) in [5, 5.41) is 0.545. The highest BCUT2D eigenvalue weighted by atomic mass is 32.2. The number of benzene rings is 1. The molecular formula is C17H19FN2O3S. The number of fused-ring (bicyclic) bond motifs is 1. The van der Waals surface area contributed by atoms with E-state index >= 15 is 0 Å². The number of rotatable bonds is 1. The molecule has 0 saturated carbocycles. The van der Waals surface area contributed by atoms with Crippen LogP contribution in [0.15, 0.2) is 30.5 Å².